The summed E-state index contributed by atoms with van der Waals surface area (Å²) in [5.74, 6) is -0.207. The van der Waals surface area contributed by atoms with Crippen molar-refractivity contribution in [3.05, 3.63) is 0 Å². The Morgan fingerprint density at radius 3 is 1.70 bits per heavy atom. The molecule has 0 aliphatic rings. The van der Waals surface area contributed by atoms with E-state index in [4.69, 9.17) is 4.55 Å². The van der Waals surface area contributed by atoms with Crippen LogP contribution in [0.1, 0.15) is 52.8 Å². The number of unbranched alkanes of at least 4 members (excludes halogenated alkanes) is 7. The largest absolute Gasteiger partial charge is 1.00 e. The Morgan fingerprint density at radius 2 is 1.30 bits per heavy atom. The van der Waals surface area contributed by atoms with Gasteiger partial charge in [0, 0.05) is 0 Å². The van der Waals surface area contributed by atoms with E-state index in [1.165, 1.54) is 0 Å². The van der Waals surface area contributed by atoms with Gasteiger partial charge in [-0.1, -0.05) is 38.5 Å². The molecule has 0 radical (unpaired) electrons. The van der Waals surface area contributed by atoms with Crippen LogP contribution in [-0.4, -0.2) is 31.7 Å². The van der Waals surface area contributed by atoms with Gasteiger partial charge in [-0.2, -0.15) is 8.42 Å². The third-order valence-electron chi connectivity index (χ3n) is 2.56. The maximum Gasteiger partial charge on any atom is 1.00 e. The van der Waals surface area contributed by atoms with Crippen molar-refractivity contribution in [1.82, 2.24) is 0 Å². The summed E-state index contributed by atoms with van der Waals surface area (Å²) in [5.41, 5.74) is 0. The average molecular weight is 330 g/mol. The van der Waals surface area contributed by atoms with Gasteiger partial charge in [-0.25, -0.2) is 0 Å². The van der Waals surface area contributed by atoms with Crippen molar-refractivity contribution >= 4 is 10.1 Å². The molecule has 0 aliphatic heterocycles. The van der Waals surface area contributed by atoms with Crippen LogP contribution in [0.2, 0.25) is 0 Å². The number of ether oxygens (including phenoxy) is 1. The van der Waals surface area contributed by atoms with Gasteiger partial charge < -0.3 is 1.43 Å². The minimum Gasteiger partial charge on any atom is -1.00 e. The summed E-state index contributed by atoms with van der Waals surface area (Å²) in [6.45, 7) is -0.294. The molecular weight excluding hydrogens is 308 g/mol. The summed E-state index contributed by atoms with van der Waals surface area (Å²) in [4.78, 5) is 0. The fraction of sp³-hybridized carbons (Fsp3) is 1.00. The molecule has 0 unspecified atom stereocenters. The van der Waals surface area contributed by atoms with E-state index in [-0.39, 0.29) is 43.3 Å². The smallest absolute Gasteiger partial charge is 1.00 e. The van der Waals surface area contributed by atoms with Crippen molar-refractivity contribution in [3.63, 3.8) is 0 Å². The topological polar surface area (TPSA) is 63.6 Å². The van der Waals surface area contributed by atoms with Crippen molar-refractivity contribution < 1.29 is 61.9 Å². The van der Waals surface area contributed by atoms with Crippen LogP contribution in [0.25, 0.3) is 0 Å². The molecule has 0 saturated carbocycles. The Bertz CT molecular complexity index is 326. The molecule has 4 nitrogen and oxygen atoms in total. The van der Waals surface area contributed by atoms with Gasteiger partial charge in [-0.05, 0) is 12.8 Å². The van der Waals surface area contributed by atoms with Crippen LogP contribution in [0.4, 0.5) is 13.2 Å². The summed E-state index contributed by atoms with van der Waals surface area (Å²) in [6, 6.07) is 0. The van der Waals surface area contributed by atoms with E-state index >= 15 is 0 Å². The molecular formula is C11H22F3NaO4S. The zero-order chi connectivity index (χ0) is 14.8. The van der Waals surface area contributed by atoms with E-state index in [0.717, 1.165) is 32.1 Å². The van der Waals surface area contributed by atoms with Crippen molar-refractivity contribution in [2.45, 2.75) is 57.7 Å². The fourth-order valence-electron chi connectivity index (χ4n) is 1.64. The van der Waals surface area contributed by atoms with Gasteiger partial charge >= 0.3 is 35.9 Å². The molecule has 0 aromatic heterocycles. The molecule has 20 heavy (non-hydrogen) atoms. The molecule has 1 N–H and O–H groups in total. The number of rotatable bonds is 11. The monoisotopic (exact) mass is 330 g/mol. The predicted molar refractivity (Wildman–Crippen MR) is 66.5 cm³/mol. The van der Waals surface area contributed by atoms with Gasteiger partial charge in [0.25, 0.3) is 10.1 Å². The summed E-state index contributed by atoms with van der Waals surface area (Å²) in [5, 5.41) is 0. The van der Waals surface area contributed by atoms with Crippen LogP contribution in [0.15, 0.2) is 0 Å². The molecule has 0 spiro atoms. The number of halogens is 3. The van der Waals surface area contributed by atoms with E-state index in [1.807, 2.05) is 0 Å². The van der Waals surface area contributed by atoms with Gasteiger partial charge in [0.15, 0.2) is 0 Å². The molecule has 0 bridgehead atoms. The van der Waals surface area contributed by atoms with Crippen LogP contribution in [0.3, 0.4) is 0 Å². The zero-order valence-corrected chi connectivity index (χ0v) is 14.6. The van der Waals surface area contributed by atoms with Crippen molar-refractivity contribution in [2.24, 2.45) is 0 Å². The van der Waals surface area contributed by atoms with Crippen LogP contribution in [0.5, 0.6) is 0 Å². The zero-order valence-electron chi connectivity index (χ0n) is 12.8. The first kappa shape index (κ1) is 22.9. The van der Waals surface area contributed by atoms with Crippen LogP contribution in [-0.2, 0) is 14.9 Å². The molecule has 0 aliphatic carbocycles. The van der Waals surface area contributed by atoms with Gasteiger partial charge in [0.1, 0.15) is 0 Å². The van der Waals surface area contributed by atoms with Gasteiger partial charge in [-0.3, -0.25) is 9.29 Å². The van der Waals surface area contributed by atoms with E-state index in [9.17, 15) is 21.6 Å². The Morgan fingerprint density at radius 1 is 0.900 bits per heavy atom. The quantitative estimate of drug-likeness (QED) is 0.343. The third kappa shape index (κ3) is 21.0. The maximum absolute atomic E-state index is 11.6. The first-order chi connectivity index (χ1) is 8.71. The van der Waals surface area contributed by atoms with Crippen LogP contribution < -0.4 is 29.6 Å². The Labute approximate surface area is 142 Å². The molecule has 0 fully saturated rings. The minimum absolute atomic E-state index is 0. The maximum atomic E-state index is 11.6. The standard InChI is InChI=1S/C11H21F3O4S.Na.H/c12-11(13,14)18-9-7-5-3-1-2-4-6-8-10-19(15,16)17;;/h1-10H2,(H,15,16,17);;/q;+1;-1. The van der Waals surface area contributed by atoms with E-state index in [2.05, 4.69) is 4.74 Å². The Hall–Kier alpha value is 0.660. The molecule has 0 heterocycles. The first-order valence-electron chi connectivity index (χ1n) is 6.36. The van der Waals surface area contributed by atoms with E-state index in [1.54, 1.807) is 0 Å². The van der Waals surface area contributed by atoms with E-state index in [0.29, 0.717) is 19.3 Å². The average Bonchev–Trinajstić information content (AvgIpc) is 2.22. The molecule has 0 amide bonds. The molecule has 0 aromatic carbocycles. The van der Waals surface area contributed by atoms with Crippen molar-refractivity contribution in [2.75, 3.05) is 12.4 Å². The first-order valence-corrected chi connectivity index (χ1v) is 7.97. The molecule has 0 rings (SSSR count). The summed E-state index contributed by atoms with van der Waals surface area (Å²) < 4.78 is 67.7. The number of alkyl halides is 3. The second kappa shape index (κ2) is 12.2. The fourth-order valence-corrected chi connectivity index (χ4v) is 2.20. The van der Waals surface area contributed by atoms with Gasteiger partial charge in [0.2, 0.25) is 0 Å². The summed E-state index contributed by atoms with van der Waals surface area (Å²) in [7, 11) is -3.85. The molecule has 0 saturated heterocycles. The number of hydrogen-bond donors (Lipinski definition) is 1. The molecule has 9 heteroatoms. The second-order valence-corrected chi connectivity index (χ2v) is 5.98. The van der Waals surface area contributed by atoms with Crippen LogP contribution >= 0.6 is 0 Å². The SMILES string of the molecule is O=S(=O)(O)CCCCCCCCCCOC(F)(F)F.[H-].[Na+]. The minimum atomic E-state index is -4.53. The third-order valence-corrected chi connectivity index (χ3v) is 3.37. The Kier molecular flexibility index (Phi) is 14.0. The van der Waals surface area contributed by atoms with Crippen LogP contribution in [0, 0.1) is 0 Å². The summed E-state index contributed by atoms with van der Waals surface area (Å²) in [6.07, 6.45) is 1.28. The van der Waals surface area contributed by atoms with Crippen molar-refractivity contribution in [3.8, 4) is 0 Å². The second-order valence-electron chi connectivity index (χ2n) is 4.41. The van der Waals surface area contributed by atoms with Gasteiger partial charge in [0.05, 0.1) is 12.4 Å². The normalized spacial score (nSPS) is 12.2. The molecule has 0 atom stereocenters. The molecule has 118 valence electrons. The summed E-state index contributed by atoms with van der Waals surface area (Å²) >= 11 is 0. The number of hydrogen-bond acceptors (Lipinski definition) is 3. The van der Waals surface area contributed by atoms with Gasteiger partial charge in [-0.15, -0.1) is 13.2 Å². The predicted octanol–water partition coefficient (Wildman–Crippen LogP) is 0.648. The Balaban J connectivity index is -0.00000162. The van der Waals surface area contributed by atoms with E-state index < -0.39 is 16.5 Å². The van der Waals surface area contributed by atoms with Crippen molar-refractivity contribution in [1.29, 1.82) is 0 Å². The molecule has 0 aromatic rings.